The molecule has 1 aromatic rings. The van der Waals surface area contributed by atoms with E-state index in [4.69, 9.17) is 5.11 Å². The Balaban J connectivity index is 3.06. The van der Waals surface area contributed by atoms with E-state index in [9.17, 15) is 13.2 Å². The van der Waals surface area contributed by atoms with Crippen molar-refractivity contribution in [1.82, 2.24) is 9.71 Å². The molecule has 0 radical (unpaired) electrons. The monoisotopic (exact) mass is 272 g/mol. The lowest BCUT2D eigenvalue weighted by Gasteiger charge is -2.27. The Morgan fingerprint density at radius 1 is 1.44 bits per heavy atom. The zero-order chi connectivity index (χ0) is 14.0. The molecule has 0 amide bonds. The van der Waals surface area contributed by atoms with Crippen LogP contribution in [0.3, 0.4) is 0 Å². The molecule has 0 spiro atoms. The van der Waals surface area contributed by atoms with Gasteiger partial charge < -0.3 is 5.11 Å². The largest absolute Gasteiger partial charge is 0.480 e. The Morgan fingerprint density at radius 3 is 2.44 bits per heavy atom. The molecule has 0 aliphatic carbocycles. The Hall–Kier alpha value is -1.47. The van der Waals surface area contributed by atoms with Gasteiger partial charge in [-0.3, -0.25) is 9.78 Å². The summed E-state index contributed by atoms with van der Waals surface area (Å²) in [7, 11) is -3.88. The zero-order valence-electron chi connectivity index (χ0n) is 10.4. The summed E-state index contributed by atoms with van der Waals surface area (Å²) in [6, 6.07) is 1.63. The summed E-state index contributed by atoms with van der Waals surface area (Å²) in [5.41, 5.74) is -0.735. The van der Waals surface area contributed by atoms with Crippen LogP contribution in [0.15, 0.2) is 29.4 Å². The van der Waals surface area contributed by atoms with Crippen molar-refractivity contribution in [3.8, 4) is 0 Å². The highest BCUT2D eigenvalue weighted by atomic mass is 32.2. The molecule has 0 saturated heterocycles. The lowest BCUT2D eigenvalue weighted by Crippen LogP contribution is -2.48. The van der Waals surface area contributed by atoms with E-state index in [-0.39, 0.29) is 4.90 Å². The van der Waals surface area contributed by atoms with Crippen molar-refractivity contribution in [2.75, 3.05) is 0 Å². The van der Waals surface area contributed by atoms with Crippen molar-refractivity contribution in [2.24, 2.45) is 5.41 Å². The predicted octanol–water partition coefficient (Wildman–Crippen LogP) is 0.859. The summed E-state index contributed by atoms with van der Waals surface area (Å²) in [5.74, 6) is -1.21. The first-order chi connectivity index (χ1) is 8.14. The zero-order valence-corrected chi connectivity index (χ0v) is 11.2. The number of hydrogen-bond donors (Lipinski definition) is 2. The lowest BCUT2D eigenvalue weighted by molar-refractivity contribution is -0.141. The molecular formula is C11H16N2O4S. The molecule has 6 nitrogen and oxygen atoms in total. The van der Waals surface area contributed by atoms with Crippen molar-refractivity contribution in [3.05, 3.63) is 24.5 Å². The molecule has 0 fully saturated rings. The highest BCUT2D eigenvalue weighted by Crippen LogP contribution is 2.21. The van der Waals surface area contributed by atoms with Crippen LogP contribution in [-0.4, -0.2) is 30.5 Å². The molecule has 0 unspecified atom stereocenters. The Bertz CT molecular complexity index is 520. The number of pyridine rings is 1. The smallest absolute Gasteiger partial charge is 0.322 e. The van der Waals surface area contributed by atoms with E-state index in [1.165, 1.54) is 24.5 Å². The maximum atomic E-state index is 12.0. The highest BCUT2D eigenvalue weighted by molar-refractivity contribution is 7.89. The number of carboxylic acid groups (broad SMARTS) is 1. The van der Waals surface area contributed by atoms with Crippen molar-refractivity contribution >= 4 is 16.0 Å². The molecule has 0 aromatic carbocycles. The number of nitrogens with zero attached hydrogens (tertiary/aromatic N) is 1. The van der Waals surface area contributed by atoms with Crippen LogP contribution in [0.25, 0.3) is 0 Å². The Kier molecular flexibility index (Phi) is 4.08. The van der Waals surface area contributed by atoms with Crippen LogP contribution < -0.4 is 4.72 Å². The molecular weight excluding hydrogens is 256 g/mol. The van der Waals surface area contributed by atoms with Crippen molar-refractivity contribution in [2.45, 2.75) is 31.7 Å². The van der Waals surface area contributed by atoms with Gasteiger partial charge >= 0.3 is 5.97 Å². The molecule has 0 aliphatic rings. The Morgan fingerprint density at radius 2 is 2.06 bits per heavy atom. The third-order valence-corrected chi connectivity index (χ3v) is 3.74. The van der Waals surface area contributed by atoms with Crippen molar-refractivity contribution in [3.63, 3.8) is 0 Å². The van der Waals surface area contributed by atoms with Gasteiger partial charge in [0.15, 0.2) is 0 Å². The standard InChI is InChI=1S/C11H16N2O4S/c1-11(2,3)9(10(14)15)13-18(16,17)8-5-4-6-12-7-8/h4-7,9,13H,1-3H3,(H,14,15)/t9-/m0/s1. The number of nitrogens with one attached hydrogen (secondary N) is 1. The van der Waals surface area contributed by atoms with Gasteiger partial charge in [0.2, 0.25) is 10.0 Å². The van der Waals surface area contributed by atoms with E-state index in [1.54, 1.807) is 20.8 Å². The minimum absolute atomic E-state index is 0.0551. The molecule has 18 heavy (non-hydrogen) atoms. The van der Waals surface area contributed by atoms with E-state index in [1.807, 2.05) is 0 Å². The number of rotatable bonds is 4. The third-order valence-electron chi connectivity index (χ3n) is 2.33. The maximum absolute atomic E-state index is 12.0. The first-order valence-electron chi connectivity index (χ1n) is 5.30. The van der Waals surface area contributed by atoms with Crippen LogP contribution >= 0.6 is 0 Å². The first-order valence-corrected chi connectivity index (χ1v) is 6.78. The number of sulfonamides is 1. The normalized spacial score (nSPS) is 14.2. The van der Waals surface area contributed by atoms with Crippen molar-refractivity contribution < 1.29 is 18.3 Å². The summed E-state index contributed by atoms with van der Waals surface area (Å²) in [6.07, 6.45) is 2.61. The van der Waals surface area contributed by atoms with Gasteiger partial charge in [0.05, 0.1) is 0 Å². The van der Waals surface area contributed by atoms with E-state index in [0.717, 1.165) is 0 Å². The van der Waals surface area contributed by atoms with Crippen molar-refractivity contribution in [1.29, 1.82) is 0 Å². The second-order valence-electron chi connectivity index (χ2n) is 4.95. The van der Waals surface area contributed by atoms with Crippen LogP contribution in [0.1, 0.15) is 20.8 Å². The van der Waals surface area contributed by atoms with Gasteiger partial charge in [0, 0.05) is 12.4 Å². The van der Waals surface area contributed by atoms with Crippen LogP contribution in [0.2, 0.25) is 0 Å². The van der Waals surface area contributed by atoms with E-state index in [0.29, 0.717) is 0 Å². The predicted molar refractivity (Wildman–Crippen MR) is 65.4 cm³/mol. The molecule has 1 aromatic heterocycles. The topological polar surface area (TPSA) is 96.4 Å². The molecule has 2 N–H and O–H groups in total. The summed E-state index contributed by atoms with van der Waals surface area (Å²) in [5, 5.41) is 9.08. The first kappa shape index (κ1) is 14.6. The van der Waals surface area contributed by atoms with Gasteiger partial charge in [-0.25, -0.2) is 8.42 Å². The Labute approximate surface area is 106 Å². The van der Waals surface area contributed by atoms with Crippen LogP contribution in [0.5, 0.6) is 0 Å². The summed E-state index contributed by atoms with van der Waals surface area (Å²) in [4.78, 5) is 14.8. The summed E-state index contributed by atoms with van der Waals surface area (Å²) < 4.78 is 26.1. The molecule has 0 saturated carbocycles. The van der Waals surface area contributed by atoms with Gasteiger partial charge in [-0.05, 0) is 17.5 Å². The SMILES string of the molecule is CC(C)(C)[C@@H](NS(=O)(=O)c1cccnc1)C(=O)O. The summed E-state index contributed by atoms with van der Waals surface area (Å²) in [6.45, 7) is 4.95. The molecule has 100 valence electrons. The number of carbonyl (C=O) groups is 1. The van der Waals surface area contributed by atoms with Gasteiger partial charge in [0.1, 0.15) is 10.9 Å². The fourth-order valence-corrected chi connectivity index (χ4v) is 2.68. The fourth-order valence-electron chi connectivity index (χ4n) is 1.33. The number of aromatic nitrogens is 1. The molecule has 7 heteroatoms. The quantitative estimate of drug-likeness (QED) is 0.847. The fraction of sp³-hybridized carbons (Fsp3) is 0.455. The van der Waals surface area contributed by atoms with Gasteiger partial charge in [-0.1, -0.05) is 20.8 Å². The summed E-state index contributed by atoms with van der Waals surface area (Å²) >= 11 is 0. The molecule has 0 bridgehead atoms. The second kappa shape index (κ2) is 5.03. The number of carboxylic acids is 1. The van der Waals surface area contributed by atoms with E-state index in [2.05, 4.69) is 9.71 Å². The maximum Gasteiger partial charge on any atom is 0.322 e. The highest BCUT2D eigenvalue weighted by Gasteiger charge is 2.35. The molecule has 1 heterocycles. The van der Waals surface area contributed by atoms with Crippen LogP contribution in [0, 0.1) is 5.41 Å². The second-order valence-corrected chi connectivity index (χ2v) is 6.66. The molecule has 1 atom stereocenters. The number of aliphatic carboxylic acids is 1. The average molecular weight is 272 g/mol. The molecule has 0 aliphatic heterocycles. The minimum atomic E-state index is -3.88. The van der Waals surface area contributed by atoms with Gasteiger partial charge in [-0.15, -0.1) is 0 Å². The molecule has 1 rings (SSSR count). The van der Waals surface area contributed by atoms with Gasteiger partial charge in [-0.2, -0.15) is 4.72 Å². The van der Waals surface area contributed by atoms with Crippen LogP contribution in [-0.2, 0) is 14.8 Å². The van der Waals surface area contributed by atoms with Crippen LogP contribution in [0.4, 0.5) is 0 Å². The number of hydrogen-bond acceptors (Lipinski definition) is 4. The average Bonchev–Trinajstić information content (AvgIpc) is 2.25. The van der Waals surface area contributed by atoms with E-state index >= 15 is 0 Å². The van der Waals surface area contributed by atoms with Gasteiger partial charge in [0.25, 0.3) is 0 Å². The third kappa shape index (κ3) is 3.51. The van der Waals surface area contributed by atoms with E-state index < -0.39 is 27.4 Å². The lowest BCUT2D eigenvalue weighted by atomic mass is 9.88. The minimum Gasteiger partial charge on any atom is -0.480 e.